The maximum atomic E-state index is 4.22. The molecule has 0 N–H and O–H groups in total. The summed E-state index contributed by atoms with van der Waals surface area (Å²) in [6, 6.07) is 0. The number of hydrogen-bond donors (Lipinski definition) is 1. The van der Waals surface area contributed by atoms with Crippen molar-refractivity contribution in [3.63, 3.8) is 0 Å². The molecule has 0 atom stereocenters. The molecule has 0 aliphatic carbocycles. The van der Waals surface area contributed by atoms with Crippen molar-refractivity contribution in [3.8, 4) is 0 Å². The zero-order chi connectivity index (χ0) is 13.8. The van der Waals surface area contributed by atoms with E-state index in [0.29, 0.717) is 0 Å². The summed E-state index contributed by atoms with van der Waals surface area (Å²) in [6.45, 7) is 8.82. The summed E-state index contributed by atoms with van der Waals surface area (Å²) in [5.74, 6) is 0.993. The van der Waals surface area contributed by atoms with E-state index in [-0.39, 0.29) is 0 Å². The average Bonchev–Trinajstić information content (AvgIpc) is 2.29. The Morgan fingerprint density at radius 3 is 1.78 bits per heavy atom. The molecule has 0 heterocycles. The number of rotatable bonds is 9. The van der Waals surface area contributed by atoms with Gasteiger partial charge in [0.1, 0.15) is 0 Å². The Labute approximate surface area is 120 Å². The first kappa shape index (κ1) is 17.6. The lowest BCUT2D eigenvalue weighted by molar-refractivity contribution is 0.898. The van der Waals surface area contributed by atoms with Crippen LogP contribution in [0.2, 0.25) is 0 Å². The molecular weight excluding hydrogens is 236 g/mol. The maximum absolute atomic E-state index is 4.22. The molecule has 0 aromatic carbocycles. The van der Waals surface area contributed by atoms with Crippen molar-refractivity contribution in [1.82, 2.24) is 0 Å². The molecular formula is C17H30S. The second-order valence-electron chi connectivity index (χ2n) is 5.33. The fourth-order valence-corrected chi connectivity index (χ4v) is 1.96. The van der Waals surface area contributed by atoms with Crippen LogP contribution < -0.4 is 0 Å². The van der Waals surface area contributed by atoms with E-state index in [1.165, 1.54) is 55.2 Å². The Balaban J connectivity index is 3.79. The van der Waals surface area contributed by atoms with Gasteiger partial charge in [0.2, 0.25) is 0 Å². The first-order valence-corrected chi connectivity index (χ1v) is 7.75. The van der Waals surface area contributed by atoms with E-state index in [9.17, 15) is 0 Å². The van der Waals surface area contributed by atoms with Crippen molar-refractivity contribution >= 4 is 12.6 Å². The highest BCUT2D eigenvalue weighted by molar-refractivity contribution is 7.80. The third-order valence-corrected chi connectivity index (χ3v) is 3.29. The van der Waals surface area contributed by atoms with Gasteiger partial charge in [-0.15, -0.1) is 0 Å². The van der Waals surface area contributed by atoms with E-state index >= 15 is 0 Å². The first-order valence-electron chi connectivity index (χ1n) is 7.11. The van der Waals surface area contributed by atoms with Gasteiger partial charge in [0.15, 0.2) is 0 Å². The van der Waals surface area contributed by atoms with Gasteiger partial charge in [-0.05, 0) is 72.0 Å². The Morgan fingerprint density at radius 2 is 1.28 bits per heavy atom. The minimum Gasteiger partial charge on any atom is -0.179 e. The molecule has 18 heavy (non-hydrogen) atoms. The molecule has 0 aliphatic rings. The highest BCUT2D eigenvalue weighted by atomic mass is 32.1. The molecule has 0 spiro atoms. The van der Waals surface area contributed by atoms with E-state index < -0.39 is 0 Å². The van der Waals surface area contributed by atoms with E-state index in [1.54, 1.807) is 0 Å². The van der Waals surface area contributed by atoms with Gasteiger partial charge < -0.3 is 0 Å². The Bertz CT molecular complexity index is 291. The molecule has 0 unspecified atom stereocenters. The summed E-state index contributed by atoms with van der Waals surface area (Å²) < 4.78 is 0. The zero-order valence-corrected chi connectivity index (χ0v) is 13.5. The monoisotopic (exact) mass is 266 g/mol. The van der Waals surface area contributed by atoms with Gasteiger partial charge in [0.05, 0.1) is 0 Å². The smallest absolute Gasteiger partial charge is 0.00950 e. The van der Waals surface area contributed by atoms with Crippen LogP contribution >= 0.6 is 12.6 Å². The van der Waals surface area contributed by atoms with Gasteiger partial charge in [-0.3, -0.25) is 0 Å². The lowest BCUT2D eigenvalue weighted by Gasteiger charge is -2.01. The Hall–Kier alpha value is -0.430. The van der Waals surface area contributed by atoms with Crippen molar-refractivity contribution in [2.45, 2.75) is 66.2 Å². The van der Waals surface area contributed by atoms with Crippen LogP contribution in [0.1, 0.15) is 66.2 Å². The minimum absolute atomic E-state index is 0.993. The number of hydrogen-bond acceptors (Lipinski definition) is 1. The van der Waals surface area contributed by atoms with Gasteiger partial charge >= 0.3 is 0 Å². The van der Waals surface area contributed by atoms with Crippen LogP contribution in [0.3, 0.4) is 0 Å². The molecule has 1 heteroatoms. The van der Waals surface area contributed by atoms with E-state index in [1.807, 2.05) is 0 Å². The molecule has 0 aromatic rings. The van der Waals surface area contributed by atoms with Gasteiger partial charge in [-0.25, -0.2) is 0 Å². The molecule has 0 bridgehead atoms. The van der Waals surface area contributed by atoms with Crippen LogP contribution in [0.25, 0.3) is 0 Å². The van der Waals surface area contributed by atoms with Crippen LogP contribution in [-0.4, -0.2) is 5.75 Å². The predicted octanol–water partition coefficient (Wildman–Crippen LogP) is 6.12. The molecule has 0 saturated carbocycles. The quantitative estimate of drug-likeness (QED) is 0.290. The molecule has 0 aliphatic heterocycles. The first-order chi connectivity index (χ1) is 8.56. The van der Waals surface area contributed by atoms with Crippen molar-refractivity contribution in [1.29, 1.82) is 0 Å². The molecule has 0 rings (SSSR count). The minimum atomic E-state index is 0.993. The third kappa shape index (κ3) is 12.0. The third-order valence-electron chi connectivity index (χ3n) is 2.98. The second-order valence-corrected chi connectivity index (χ2v) is 5.77. The number of unbranched alkanes of at least 4 members (excludes halogenated alkanes) is 1. The standard InChI is InChI=1S/C17H30S/c1-15(2)9-7-11-17(4)13-8-12-16(3)10-5-6-14-18/h9-10,13,18H,5-8,11-12,14H2,1-4H3/b16-10+,17-13+. The summed E-state index contributed by atoms with van der Waals surface area (Å²) in [6.07, 6.45) is 14.2. The van der Waals surface area contributed by atoms with Crippen molar-refractivity contribution in [3.05, 3.63) is 34.9 Å². The van der Waals surface area contributed by atoms with Crippen LogP contribution in [-0.2, 0) is 0 Å². The number of thiol groups is 1. The largest absolute Gasteiger partial charge is 0.179 e. The van der Waals surface area contributed by atoms with E-state index in [0.717, 1.165) is 5.75 Å². The SMILES string of the molecule is CC(C)=CCC/C(C)=C/CC/C(C)=C/CCCS. The van der Waals surface area contributed by atoms with Crippen LogP contribution in [0.5, 0.6) is 0 Å². The predicted molar refractivity (Wildman–Crippen MR) is 88.5 cm³/mol. The molecule has 0 radical (unpaired) electrons. The van der Waals surface area contributed by atoms with Crippen LogP contribution in [0.15, 0.2) is 34.9 Å². The van der Waals surface area contributed by atoms with Crippen molar-refractivity contribution in [2.24, 2.45) is 0 Å². The average molecular weight is 266 g/mol. The Kier molecular flexibility index (Phi) is 11.4. The van der Waals surface area contributed by atoms with Gasteiger partial charge in [0, 0.05) is 0 Å². The molecule has 0 aromatic heterocycles. The molecule has 0 amide bonds. The molecule has 0 fully saturated rings. The van der Waals surface area contributed by atoms with Crippen LogP contribution in [0.4, 0.5) is 0 Å². The fraction of sp³-hybridized carbons (Fsp3) is 0.647. The van der Waals surface area contributed by atoms with Gasteiger partial charge in [0.25, 0.3) is 0 Å². The highest BCUT2D eigenvalue weighted by Crippen LogP contribution is 2.12. The van der Waals surface area contributed by atoms with Crippen LogP contribution in [0, 0.1) is 0 Å². The second kappa shape index (κ2) is 11.6. The van der Waals surface area contributed by atoms with Gasteiger partial charge in [-0.1, -0.05) is 34.9 Å². The summed E-state index contributed by atoms with van der Waals surface area (Å²) >= 11 is 4.22. The number of allylic oxidation sites excluding steroid dienone is 6. The fourth-order valence-electron chi connectivity index (χ4n) is 1.78. The lowest BCUT2D eigenvalue weighted by Crippen LogP contribution is -1.81. The topological polar surface area (TPSA) is 0 Å². The molecule has 0 nitrogen and oxygen atoms in total. The maximum Gasteiger partial charge on any atom is -0.00950 e. The Morgan fingerprint density at radius 1 is 0.778 bits per heavy atom. The van der Waals surface area contributed by atoms with E-state index in [2.05, 4.69) is 58.6 Å². The zero-order valence-electron chi connectivity index (χ0n) is 12.6. The summed E-state index contributed by atoms with van der Waals surface area (Å²) in [5, 5.41) is 0. The van der Waals surface area contributed by atoms with E-state index in [4.69, 9.17) is 0 Å². The normalized spacial score (nSPS) is 12.7. The van der Waals surface area contributed by atoms with Crippen molar-refractivity contribution < 1.29 is 0 Å². The summed E-state index contributed by atoms with van der Waals surface area (Å²) in [7, 11) is 0. The van der Waals surface area contributed by atoms with Crippen molar-refractivity contribution in [2.75, 3.05) is 5.75 Å². The lowest BCUT2D eigenvalue weighted by atomic mass is 10.1. The highest BCUT2D eigenvalue weighted by Gasteiger charge is 1.92. The summed E-state index contributed by atoms with van der Waals surface area (Å²) in [4.78, 5) is 0. The summed E-state index contributed by atoms with van der Waals surface area (Å²) in [5.41, 5.74) is 4.46. The molecule has 0 saturated heterocycles. The molecule has 104 valence electrons. The van der Waals surface area contributed by atoms with Gasteiger partial charge in [-0.2, -0.15) is 12.6 Å².